The number of likely N-dealkylation sites (tertiary alicyclic amines) is 1. The number of alkyl carbamates (subject to hydrolysis) is 1. The number of ether oxygens (including phenoxy) is 3. The second-order valence-corrected chi connectivity index (χ2v) is 10.0. The average Bonchev–Trinajstić information content (AvgIpc) is 3.24. The zero-order valence-corrected chi connectivity index (χ0v) is 21.3. The minimum Gasteiger partial charge on any atom is -0.497 e. The fourth-order valence-electron chi connectivity index (χ4n) is 3.82. The van der Waals surface area contributed by atoms with E-state index in [4.69, 9.17) is 14.2 Å². The van der Waals surface area contributed by atoms with Crippen LogP contribution in [0.15, 0.2) is 23.6 Å². The summed E-state index contributed by atoms with van der Waals surface area (Å²) in [6.45, 7) is 6.98. The number of rotatable bonds is 8. The quantitative estimate of drug-likeness (QED) is 0.573. The van der Waals surface area contributed by atoms with Gasteiger partial charge in [0.05, 0.1) is 26.5 Å². The van der Waals surface area contributed by atoms with Gasteiger partial charge in [0.1, 0.15) is 17.1 Å². The molecule has 10 heteroatoms. The van der Waals surface area contributed by atoms with Crippen molar-refractivity contribution < 1.29 is 23.8 Å². The number of carbonyl (C=O) groups excluding carboxylic acids is 2. The number of nitrogens with one attached hydrogen (secondary N) is 2. The van der Waals surface area contributed by atoms with Crippen LogP contribution < -0.4 is 20.1 Å². The molecule has 1 fully saturated rings. The molecule has 9 nitrogen and oxygen atoms in total. The van der Waals surface area contributed by atoms with Crippen molar-refractivity contribution in [3.8, 4) is 22.8 Å². The Labute approximate surface area is 204 Å². The van der Waals surface area contributed by atoms with E-state index in [0.29, 0.717) is 23.2 Å². The van der Waals surface area contributed by atoms with Crippen LogP contribution in [0.4, 0.5) is 9.93 Å². The molecule has 2 amide bonds. The lowest BCUT2D eigenvalue weighted by Crippen LogP contribution is -2.49. The first-order chi connectivity index (χ1) is 16.2. The molecule has 1 aliphatic heterocycles. The highest BCUT2D eigenvalue weighted by Gasteiger charge is 2.26. The van der Waals surface area contributed by atoms with Gasteiger partial charge in [-0.2, -0.15) is 0 Å². The first-order valence-corrected chi connectivity index (χ1v) is 12.2. The molecule has 0 unspecified atom stereocenters. The summed E-state index contributed by atoms with van der Waals surface area (Å²) < 4.78 is 16.0. The van der Waals surface area contributed by atoms with Crippen molar-refractivity contribution in [1.82, 2.24) is 15.2 Å². The second-order valence-electron chi connectivity index (χ2n) is 9.16. The zero-order valence-electron chi connectivity index (χ0n) is 20.5. The smallest absolute Gasteiger partial charge is 0.407 e. The number of nitrogens with zero attached hydrogens (tertiary/aromatic N) is 2. The van der Waals surface area contributed by atoms with Crippen LogP contribution in [0.25, 0.3) is 11.3 Å². The van der Waals surface area contributed by atoms with Gasteiger partial charge in [0.2, 0.25) is 5.91 Å². The molecule has 0 spiro atoms. The average molecular weight is 491 g/mol. The number of aromatic nitrogens is 1. The first kappa shape index (κ1) is 25.8. The van der Waals surface area contributed by atoms with E-state index < -0.39 is 11.7 Å². The van der Waals surface area contributed by atoms with Gasteiger partial charge in [0.25, 0.3) is 0 Å². The molecule has 2 heterocycles. The van der Waals surface area contributed by atoms with Crippen molar-refractivity contribution in [3.05, 3.63) is 23.6 Å². The molecule has 1 aromatic carbocycles. The van der Waals surface area contributed by atoms with E-state index in [9.17, 15) is 9.59 Å². The van der Waals surface area contributed by atoms with E-state index in [2.05, 4.69) is 20.5 Å². The Morgan fingerprint density at radius 1 is 1.21 bits per heavy atom. The molecule has 34 heavy (non-hydrogen) atoms. The third kappa shape index (κ3) is 7.33. The molecule has 1 atom stereocenters. The maximum Gasteiger partial charge on any atom is 0.407 e. The Morgan fingerprint density at radius 2 is 2.00 bits per heavy atom. The number of amides is 2. The molecular weight excluding hydrogens is 456 g/mol. The Kier molecular flexibility index (Phi) is 8.73. The van der Waals surface area contributed by atoms with Gasteiger partial charge < -0.3 is 24.8 Å². The SMILES string of the molecule is COc1ccc(-c2csc(NC(=O)CN3CCCC[C@@H]3CNC(=O)OC(C)(C)C)n2)c(OC)c1. The van der Waals surface area contributed by atoms with Gasteiger partial charge in [-0.3, -0.25) is 9.69 Å². The van der Waals surface area contributed by atoms with E-state index >= 15 is 0 Å². The Bertz CT molecular complexity index is 988. The summed E-state index contributed by atoms with van der Waals surface area (Å²) in [5.74, 6) is 1.21. The van der Waals surface area contributed by atoms with Crippen LogP contribution in [-0.4, -0.2) is 67.4 Å². The van der Waals surface area contributed by atoms with Crippen molar-refractivity contribution in [2.75, 3.05) is 39.2 Å². The Balaban J connectivity index is 1.57. The number of methoxy groups -OCH3 is 2. The van der Waals surface area contributed by atoms with E-state index in [1.54, 1.807) is 20.3 Å². The van der Waals surface area contributed by atoms with Gasteiger partial charge in [-0.1, -0.05) is 6.42 Å². The van der Waals surface area contributed by atoms with Crippen LogP contribution in [0.3, 0.4) is 0 Å². The molecule has 1 aliphatic rings. The molecule has 3 rings (SSSR count). The molecule has 0 radical (unpaired) electrons. The number of piperidine rings is 1. The van der Waals surface area contributed by atoms with Crippen LogP contribution in [-0.2, 0) is 9.53 Å². The summed E-state index contributed by atoms with van der Waals surface area (Å²) in [4.78, 5) is 31.5. The monoisotopic (exact) mass is 490 g/mol. The number of anilines is 1. The normalized spacial score (nSPS) is 16.6. The van der Waals surface area contributed by atoms with Gasteiger partial charge in [0.15, 0.2) is 5.13 Å². The van der Waals surface area contributed by atoms with Gasteiger partial charge in [-0.25, -0.2) is 9.78 Å². The Morgan fingerprint density at radius 3 is 2.71 bits per heavy atom. The van der Waals surface area contributed by atoms with E-state index in [1.165, 1.54) is 11.3 Å². The minimum absolute atomic E-state index is 0.0856. The lowest BCUT2D eigenvalue weighted by atomic mass is 10.0. The van der Waals surface area contributed by atoms with Crippen LogP contribution in [0.2, 0.25) is 0 Å². The van der Waals surface area contributed by atoms with Gasteiger partial charge in [0, 0.05) is 29.6 Å². The van der Waals surface area contributed by atoms with E-state index in [1.807, 2.05) is 38.3 Å². The summed E-state index contributed by atoms with van der Waals surface area (Å²) in [6.07, 6.45) is 2.57. The maximum absolute atomic E-state index is 12.8. The highest BCUT2D eigenvalue weighted by atomic mass is 32.1. The summed E-state index contributed by atoms with van der Waals surface area (Å²) >= 11 is 1.36. The summed E-state index contributed by atoms with van der Waals surface area (Å²) in [7, 11) is 3.20. The third-order valence-corrected chi connectivity index (χ3v) is 6.17. The van der Waals surface area contributed by atoms with Crippen LogP contribution >= 0.6 is 11.3 Å². The van der Waals surface area contributed by atoms with E-state index in [-0.39, 0.29) is 18.5 Å². The molecule has 1 aromatic heterocycles. The fraction of sp³-hybridized carbons (Fsp3) is 0.542. The van der Waals surface area contributed by atoms with Crippen LogP contribution in [0.1, 0.15) is 40.0 Å². The molecule has 0 aliphatic carbocycles. The van der Waals surface area contributed by atoms with Crippen LogP contribution in [0.5, 0.6) is 11.5 Å². The lowest BCUT2D eigenvalue weighted by Gasteiger charge is -2.35. The highest BCUT2D eigenvalue weighted by Crippen LogP contribution is 2.34. The largest absolute Gasteiger partial charge is 0.497 e. The molecule has 186 valence electrons. The molecule has 0 saturated carbocycles. The minimum atomic E-state index is -0.543. The first-order valence-electron chi connectivity index (χ1n) is 11.4. The molecule has 2 N–H and O–H groups in total. The second kappa shape index (κ2) is 11.5. The van der Waals surface area contributed by atoms with Crippen molar-refractivity contribution in [3.63, 3.8) is 0 Å². The van der Waals surface area contributed by atoms with Crippen molar-refractivity contribution in [1.29, 1.82) is 0 Å². The molecule has 2 aromatic rings. The van der Waals surface area contributed by atoms with Gasteiger partial charge in [-0.15, -0.1) is 11.3 Å². The molecule has 0 bridgehead atoms. The number of hydrogen-bond donors (Lipinski definition) is 2. The molecule has 1 saturated heterocycles. The summed E-state index contributed by atoms with van der Waals surface area (Å²) in [5.41, 5.74) is 1.00. The highest BCUT2D eigenvalue weighted by molar-refractivity contribution is 7.14. The summed E-state index contributed by atoms with van der Waals surface area (Å²) in [6, 6.07) is 5.61. The Hall–Kier alpha value is -2.85. The number of benzene rings is 1. The zero-order chi connectivity index (χ0) is 24.7. The topological polar surface area (TPSA) is 102 Å². The van der Waals surface area contributed by atoms with Crippen molar-refractivity contribution >= 4 is 28.5 Å². The standard InChI is InChI=1S/C24H34N4O5S/c1-24(2,3)33-23(30)25-13-16-8-6-7-11-28(16)14-21(29)27-22-26-19(15-34-22)18-10-9-17(31-4)12-20(18)32-5/h9-10,12,15-16H,6-8,11,13-14H2,1-5H3,(H,25,30)(H,26,27,29)/t16-/m1/s1. The number of thiazole rings is 1. The third-order valence-electron chi connectivity index (χ3n) is 5.41. The predicted octanol–water partition coefficient (Wildman–Crippen LogP) is 4.15. The maximum atomic E-state index is 12.8. The number of carbonyl (C=O) groups is 2. The predicted molar refractivity (Wildman–Crippen MR) is 133 cm³/mol. The van der Waals surface area contributed by atoms with Crippen molar-refractivity contribution in [2.24, 2.45) is 0 Å². The lowest BCUT2D eigenvalue weighted by molar-refractivity contribution is -0.118. The van der Waals surface area contributed by atoms with E-state index in [0.717, 1.165) is 37.1 Å². The van der Waals surface area contributed by atoms with Gasteiger partial charge >= 0.3 is 6.09 Å². The number of hydrogen-bond acceptors (Lipinski definition) is 8. The molecular formula is C24H34N4O5S. The fourth-order valence-corrected chi connectivity index (χ4v) is 4.55. The van der Waals surface area contributed by atoms with Gasteiger partial charge in [-0.05, 0) is 52.3 Å². The van der Waals surface area contributed by atoms with Crippen LogP contribution in [0, 0.1) is 0 Å². The summed E-state index contributed by atoms with van der Waals surface area (Å²) in [5, 5.41) is 8.15. The van der Waals surface area contributed by atoms with Crippen molar-refractivity contribution in [2.45, 2.75) is 51.7 Å².